The molecule has 0 fully saturated rings. The van der Waals surface area contributed by atoms with Gasteiger partial charge in [-0.25, -0.2) is 0 Å². The van der Waals surface area contributed by atoms with Crippen molar-refractivity contribution in [3.05, 3.63) is 30.3 Å². The van der Waals surface area contributed by atoms with Crippen molar-refractivity contribution in [1.29, 1.82) is 5.26 Å². The molecule has 0 aromatic heterocycles. The van der Waals surface area contributed by atoms with Crippen molar-refractivity contribution in [3.8, 4) is 6.07 Å². The van der Waals surface area contributed by atoms with E-state index >= 15 is 0 Å². The summed E-state index contributed by atoms with van der Waals surface area (Å²) >= 11 is 5.01. The molecule has 0 amide bonds. The molecule has 1 aromatic carbocycles. The van der Waals surface area contributed by atoms with Gasteiger partial charge in [-0.1, -0.05) is 30.4 Å². The summed E-state index contributed by atoms with van der Waals surface area (Å²) in [6, 6.07) is 10.9. The van der Waals surface area contributed by atoms with Crippen LogP contribution in [-0.2, 0) is 9.53 Å². The fraction of sp³-hybridized carbons (Fsp3) is 0.250. The summed E-state index contributed by atoms with van der Waals surface area (Å²) in [5, 5.41) is 11.7. The van der Waals surface area contributed by atoms with Gasteiger partial charge < -0.3 is 10.1 Å². The Morgan fingerprint density at radius 2 is 2.18 bits per heavy atom. The molecule has 4 nitrogen and oxygen atoms in total. The minimum absolute atomic E-state index is 0.150. The Kier molecular flexibility index (Phi) is 5.11. The van der Waals surface area contributed by atoms with Crippen LogP contribution in [0.25, 0.3) is 0 Å². The van der Waals surface area contributed by atoms with E-state index in [1.807, 2.05) is 24.3 Å². The van der Waals surface area contributed by atoms with Gasteiger partial charge in [0.05, 0.1) is 12.7 Å². The van der Waals surface area contributed by atoms with Crippen LogP contribution in [0.1, 0.15) is 6.92 Å². The number of esters is 1. The number of para-hydroxylation sites is 1. The molecule has 0 bridgehead atoms. The number of rotatable bonds is 4. The monoisotopic (exact) mass is 248 g/mol. The molecule has 1 atom stereocenters. The van der Waals surface area contributed by atoms with Crippen LogP contribution in [0, 0.1) is 17.2 Å². The predicted octanol–water partition coefficient (Wildman–Crippen LogP) is 2.13. The Morgan fingerprint density at radius 3 is 2.71 bits per heavy atom. The quantitative estimate of drug-likeness (QED) is 0.653. The first kappa shape index (κ1) is 13.1. The Balaban J connectivity index is 2.69. The molecule has 0 radical (unpaired) electrons. The summed E-state index contributed by atoms with van der Waals surface area (Å²) in [5.74, 6) is -1.69. The minimum atomic E-state index is -1.06. The Bertz CT molecular complexity index is 440. The van der Waals surface area contributed by atoms with Crippen LogP contribution in [0.3, 0.4) is 0 Å². The van der Waals surface area contributed by atoms with Gasteiger partial charge in [-0.15, -0.1) is 0 Å². The summed E-state index contributed by atoms with van der Waals surface area (Å²) in [6.07, 6.45) is 0. The van der Waals surface area contributed by atoms with Crippen LogP contribution in [0.4, 0.5) is 5.69 Å². The Hall–Kier alpha value is -1.93. The van der Waals surface area contributed by atoms with Crippen LogP contribution in [0.2, 0.25) is 0 Å². The average molecular weight is 248 g/mol. The van der Waals surface area contributed by atoms with Crippen molar-refractivity contribution in [2.45, 2.75) is 6.92 Å². The zero-order chi connectivity index (χ0) is 12.7. The number of benzene rings is 1. The highest BCUT2D eigenvalue weighted by Crippen LogP contribution is 2.10. The molecule has 1 rings (SSSR count). The van der Waals surface area contributed by atoms with Gasteiger partial charge in [0.15, 0.2) is 5.92 Å². The molecule has 0 heterocycles. The third-order valence-corrected chi connectivity index (χ3v) is 2.29. The number of hydrogen-bond donors (Lipinski definition) is 1. The molecule has 0 aliphatic heterocycles. The lowest BCUT2D eigenvalue weighted by molar-refractivity contribution is -0.143. The van der Waals surface area contributed by atoms with Crippen molar-refractivity contribution in [2.75, 3.05) is 11.9 Å². The van der Waals surface area contributed by atoms with Gasteiger partial charge in [0.2, 0.25) is 0 Å². The van der Waals surface area contributed by atoms with Gasteiger partial charge >= 0.3 is 5.97 Å². The molecule has 17 heavy (non-hydrogen) atoms. The number of carbonyl (C=O) groups is 1. The van der Waals surface area contributed by atoms with E-state index in [2.05, 4.69) is 5.32 Å². The molecule has 0 saturated carbocycles. The van der Waals surface area contributed by atoms with Crippen LogP contribution in [-0.4, -0.2) is 17.6 Å². The fourth-order valence-electron chi connectivity index (χ4n) is 1.18. The number of thiocarbonyl (C=S) groups is 1. The van der Waals surface area contributed by atoms with E-state index < -0.39 is 11.9 Å². The van der Waals surface area contributed by atoms with E-state index in [0.717, 1.165) is 5.69 Å². The van der Waals surface area contributed by atoms with Crippen molar-refractivity contribution in [3.63, 3.8) is 0 Å². The number of hydrogen-bond acceptors (Lipinski definition) is 4. The molecule has 1 aromatic rings. The van der Waals surface area contributed by atoms with Gasteiger partial charge in [-0.2, -0.15) is 5.26 Å². The molecule has 0 aliphatic carbocycles. The summed E-state index contributed by atoms with van der Waals surface area (Å²) in [4.78, 5) is 11.6. The number of carbonyl (C=O) groups excluding carboxylic acids is 1. The van der Waals surface area contributed by atoms with Crippen molar-refractivity contribution >= 4 is 28.9 Å². The molecular weight excluding hydrogens is 236 g/mol. The molecule has 0 saturated heterocycles. The highest BCUT2D eigenvalue weighted by atomic mass is 32.1. The summed E-state index contributed by atoms with van der Waals surface area (Å²) in [7, 11) is 0. The smallest absolute Gasteiger partial charge is 0.330 e. The van der Waals surface area contributed by atoms with E-state index in [0.29, 0.717) is 0 Å². The zero-order valence-corrected chi connectivity index (χ0v) is 10.2. The van der Waals surface area contributed by atoms with E-state index in [-0.39, 0.29) is 11.6 Å². The van der Waals surface area contributed by atoms with Crippen molar-refractivity contribution in [1.82, 2.24) is 0 Å². The first-order valence-corrected chi connectivity index (χ1v) is 5.52. The van der Waals surface area contributed by atoms with Crippen LogP contribution in [0.5, 0.6) is 0 Å². The van der Waals surface area contributed by atoms with Gasteiger partial charge in [0.1, 0.15) is 4.99 Å². The van der Waals surface area contributed by atoms with Gasteiger partial charge in [-0.05, 0) is 19.1 Å². The second-order valence-electron chi connectivity index (χ2n) is 3.17. The molecule has 1 N–H and O–H groups in total. The second kappa shape index (κ2) is 6.61. The van der Waals surface area contributed by atoms with E-state index in [9.17, 15) is 4.79 Å². The third-order valence-electron chi connectivity index (χ3n) is 1.95. The van der Waals surface area contributed by atoms with Crippen LogP contribution in [0.15, 0.2) is 30.3 Å². The highest BCUT2D eigenvalue weighted by molar-refractivity contribution is 7.80. The Labute approximate surface area is 105 Å². The van der Waals surface area contributed by atoms with Crippen molar-refractivity contribution < 1.29 is 9.53 Å². The standard InChI is InChI=1S/C12H12N2O2S/c1-2-16-12(15)10(8-13)11(17)14-9-6-4-3-5-7-9/h3-7,10H,2H2,1H3,(H,14,17). The Morgan fingerprint density at radius 1 is 1.53 bits per heavy atom. The normalized spacial score (nSPS) is 11.1. The molecule has 0 aliphatic rings. The summed E-state index contributed by atoms with van der Waals surface area (Å²) in [5.41, 5.74) is 0.738. The van der Waals surface area contributed by atoms with Crippen LogP contribution >= 0.6 is 12.2 Å². The first-order chi connectivity index (χ1) is 8.19. The number of ether oxygens (including phenoxy) is 1. The lowest BCUT2D eigenvalue weighted by atomic mass is 10.1. The van der Waals surface area contributed by atoms with Crippen LogP contribution < -0.4 is 5.32 Å². The summed E-state index contributed by atoms with van der Waals surface area (Å²) in [6.45, 7) is 1.91. The second-order valence-corrected chi connectivity index (χ2v) is 3.61. The van der Waals surface area contributed by atoms with E-state index in [4.69, 9.17) is 22.2 Å². The highest BCUT2D eigenvalue weighted by Gasteiger charge is 2.24. The number of nitrogens with one attached hydrogen (secondary N) is 1. The molecular formula is C12H12N2O2S. The minimum Gasteiger partial charge on any atom is -0.465 e. The average Bonchev–Trinajstić information content (AvgIpc) is 2.31. The van der Waals surface area contributed by atoms with Gasteiger partial charge in [0.25, 0.3) is 0 Å². The summed E-state index contributed by atoms with van der Waals surface area (Å²) < 4.78 is 4.76. The maximum Gasteiger partial charge on any atom is 0.330 e. The fourth-order valence-corrected chi connectivity index (χ4v) is 1.45. The lowest BCUT2D eigenvalue weighted by Gasteiger charge is -2.11. The molecule has 5 heteroatoms. The maximum absolute atomic E-state index is 11.4. The predicted molar refractivity (Wildman–Crippen MR) is 68.4 cm³/mol. The number of nitriles is 1. The van der Waals surface area contributed by atoms with E-state index in [1.54, 1.807) is 19.1 Å². The van der Waals surface area contributed by atoms with Crippen molar-refractivity contribution in [2.24, 2.45) is 5.92 Å². The third kappa shape index (κ3) is 3.85. The first-order valence-electron chi connectivity index (χ1n) is 5.11. The zero-order valence-electron chi connectivity index (χ0n) is 9.34. The number of nitrogens with zero attached hydrogens (tertiary/aromatic N) is 1. The maximum atomic E-state index is 11.4. The molecule has 88 valence electrons. The van der Waals surface area contributed by atoms with E-state index in [1.165, 1.54) is 0 Å². The van der Waals surface area contributed by atoms with Gasteiger partial charge in [0, 0.05) is 5.69 Å². The topological polar surface area (TPSA) is 62.1 Å². The molecule has 1 unspecified atom stereocenters. The largest absolute Gasteiger partial charge is 0.465 e. The van der Waals surface area contributed by atoms with Gasteiger partial charge in [-0.3, -0.25) is 4.79 Å². The number of anilines is 1. The lowest BCUT2D eigenvalue weighted by Crippen LogP contribution is -2.28. The molecule has 0 spiro atoms. The SMILES string of the molecule is CCOC(=O)C(C#N)C(=S)Nc1ccccc1.